The molecule has 0 saturated heterocycles. The summed E-state index contributed by atoms with van der Waals surface area (Å²) >= 11 is 0. The monoisotopic (exact) mass is 303 g/mol. The van der Waals surface area contributed by atoms with Crippen LogP contribution in [0.3, 0.4) is 0 Å². The molecule has 0 aliphatic heterocycles. The number of pyridine rings is 1. The van der Waals surface area contributed by atoms with E-state index < -0.39 is 12.6 Å². The lowest BCUT2D eigenvalue weighted by atomic mass is 10.2. The van der Waals surface area contributed by atoms with Gasteiger partial charge >= 0.3 is 6.18 Å². The highest BCUT2D eigenvalue weighted by Gasteiger charge is 2.25. The van der Waals surface area contributed by atoms with Crippen molar-refractivity contribution >= 4 is 11.6 Å². The second-order valence-electron chi connectivity index (χ2n) is 4.68. The molecule has 0 fully saturated rings. The van der Waals surface area contributed by atoms with Gasteiger partial charge in [0.2, 0.25) is 0 Å². The number of amides is 1. The molecule has 0 aromatic carbocycles. The van der Waals surface area contributed by atoms with Crippen molar-refractivity contribution in [2.45, 2.75) is 38.8 Å². The fraction of sp³-hybridized carbons (Fsp3) is 0.571. The zero-order valence-electron chi connectivity index (χ0n) is 12.0. The molecule has 0 aliphatic rings. The van der Waals surface area contributed by atoms with Gasteiger partial charge in [-0.2, -0.15) is 13.2 Å². The van der Waals surface area contributed by atoms with Crippen LogP contribution in [0.4, 0.5) is 18.9 Å². The van der Waals surface area contributed by atoms with E-state index >= 15 is 0 Å². The van der Waals surface area contributed by atoms with Gasteiger partial charge in [0, 0.05) is 31.9 Å². The molecule has 21 heavy (non-hydrogen) atoms. The van der Waals surface area contributed by atoms with Crippen molar-refractivity contribution in [2.75, 3.05) is 18.4 Å². The summed E-state index contributed by atoms with van der Waals surface area (Å²) in [6.07, 6.45) is -0.702. The highest BCUT2D eigenvalue weighted by molar-refractivity contribution is 5.99. The van der Waals surface area contributed by atoms with E-state index in [0.29, 0.717) is 17.7 Å². The average molecular weight is 303 g/mol. The van der Waals surface area contributed by atoms with Gasteiger partial charge in [0.1, 0.15) is 0 Å². The van der Waals surface area contributed by atoms with Crippen LogP contribution < -0.4 is 10.6 Å². The molecule has 0 saturated carbocycles. The molecule has 1 amide bonds. The first-order valence-corrected chi connectivity index (χ1v) is 6.97. The largest absolute Gasteiger partial charge is 0.389 e. The summed E-state index contributed by atoms with van der Waals surface area (Å²) in [6.45, 7) is 2.96. The minimum absolute atomic E-state index is 0.0117. The number of nitrogens with one attached hydrogen (secondary N) is 2. The number of alkyl halides is 3. The van der Waals surface area contributed by atoms with Gasteiger partial charge in [-0.25, -0.2) is 0 Å². The molecule has 0 unspecified atom stereocenters. The number of anilines is 1. The third-order valence-electron chi connectivity index (χ3n) is 2.80. The summed E-state index contributed by atoms with van der Waals surface area (Å²) in [4.78, 5) is 15.9. The van der Waals surface area contributed by atoms with E-state index in [-0.39, 0.29) is 18.9 Å². The Kier molecular flexibility index (Phi) is 6.98. The number of carbonyl (C=O) groups excluding carboxylic acids is 1. The lowest BCUT2D eigenvalue weighted by Gasteiger charge is -2.11. The predicted octanol–water partition coefficient (Wildman–Crippen LogP) is 3.37. The Bertz CT molecular complexity index is 449. The minimum Gasteiger partial charge on any atom is -0.384 e. The van der Waals surface area contributed by atoms with Crippen molar-refractivity contribution in [2.24, 2.45) is 0 Å². The summed E-state index contributed by atoms with van der Waals surface area (Å²) in [5.41, 5.74) is 1.08. The Morgan fingerprint density at radius 2 is 2.05 bits per heavy atom. The molecule has 1 aromatic heterocycles. The molecule has 0 spiro atoms. The third-order valence-corrected chi connectivity index (χ3v) is 2.80. The van der Waals surface area contributed by atoms with Crippen LogP contribution in [0.2, 0.25) is 0 Å². The summed E-state index contributed by atoms with van der Waals surface area (Å²) in [7, 11) is 0. The van der Waals surface area contributed by atoms with Crippen molar-refractivity contribution in [3.8, 4) is 0 Å². The van der Waals surface area contributed by atoms with E-state index in [1.165, 1.54) is 6.20 Å². The standard InChI is InChI=1S/C14H20F3N3O/c1-2-7-19-12-5-9-18-10-11(12)13(21)20-8-4-3-6-14(15,16)17/h5,9-10H,2-4,6-8H2,1H3,(H,18,19)(H,20,21). The van der Waals surface area contributed by atoms with E-state index in [0.717, 1.165) is 13.0 Å². The van der Waals surface area contributed by atoms with Gasteiger partial charge in [-0.15, -0.1) is 0 Å². The topological polar surface area (TPSA) is 54.0 Å². The van der Waals surface area contributed by atoms with Crippen LogP contribution in [-0.4, -0.2) is 30.2 Å². The summed E-state index contributed by atoms with van der Waals surface area (Å²) in [5.74, 6) is -0.325. The summed E-state index contributed by atoms with van der Waals surface area (Å²) in [5, 5.41) is 5.73. The number of halogens is 3. The van der Waals surface area contributed by atoms with Gasteiger partial charge in [-0.05, 0) is 25.3 Å². The van der Waals surface area contributed by atoms with Gasteiger partial charge in [0.15, 0.2) is 0 Å². The van der Waals surface area contributed by atoms with Crippen LogP contribution in [-0.2, 0) is 0 Å². The number of nitrogens with zero attached hydrogens (tertiary/aromatic N) is 1. The molecular weight excluding hydrogens is 283 g/mol. The molecule has 0 radical (unpaired) electrons. The first-order valence-electron chi connectivity index (χ1n) is 6.97. The Hall–Kier alpha value is -1.79. The van der Waals surface area contributed by atoms with Crippen LogP contribution >= 0.6 is 0 Å². The zero-order chi connectivity index (χ0) is 15.7. The highest BCUT2D eigenvalue weighted by Crippen LogP contribution is 2.21. The number of unbranched alkanes of at least 4 members (excludes halogenated alkanes) is 1. The normalized spacial score (nSPS) is 11.2. The molecule has 1 rings (SSSR count). The second-order valence-corrected chi connectivity index (χ2v) is 4.68. The van der Waals surface area contributed by atoms with Gasteiger partial charge in [0.05, 0.1) is 11.3 Å². The van der Waals surface area contributed by atoms with E-state index in [2.05, 4.69) is 15.6 Å². The molecule has 0 bridgehead atoms. The first kappa shape index (κ1) is 17.3. The quantitative estimate of drug-likeness (QED) is 0.724. The van der Waals surface area contributed by atoms with Gasteiger partial charge in [0.25, 0.3) is 5.91 Å². The molecule has 1 heterocycles. The van der Waals surface area contributed by atoms with Crippen LogP contribution in [0, 0.1) is 0 Å². The summed E-state index contributed by atoms with van der Waals surface area (Å²) < 4.78 is 35.9. The van der Waals surface area contributed by atoms with Crippen LogP contribution in [0.15, 0.2) is 18.5 Å². The lowest BCUT2D eigenvalue weighted by molar-refractivity contribution is -0.135. The Balaban J connectivity index is 2.41. The molecule has 0 atom stereocenters. The number of aromatic nitrogens is 1. The highest BCUT2D eigenvalue weighted by atomic mass is 19.4. The zero-order valence-corrected chi connectivity index (χ0v) is 12.0. The maximum atomic E-state index is 12.0. The van der Waals surface area contributed by atoms with Crippen LogP contribution in [0.25, 0.3) is 0 Å². The molecule has 2 N–H and O–H groups in total. The van der Waals surface area contributed by atoms with Gasteiger partial charge in [-0.3, -0.25) is 9.78 Å². The minimum atomic E-state index is -4.13. The van der Waals surface area contributed by atoms with E-state index in [4.69, 9.17) is 0 Å². The van der Waals surface area contributed by atoms with Gasteiger partial charge < -0.3 is 10.6 Å². The Morgan fingerprint density at radius 1 is 1.29 bits per heavy atom. The van der Waals surface area contributed by atoms with Crippen molar-refractivity contribution in [1.82, 2.24) is 10.3 Å². The Morgan fingerprint density at radius 3 is 2.71 bits per heavy atom. The number of carbonyl (C=O) groups is 1. The molecule has 4 nitrogen and oxygen atoms in total. The van der Waals surface area contributed by atoms with Gasteiger partial charge in [-0.1, -0.05) is 6.92 Å². The molecule has 0 aliphatic carbocycles. The average Bonchev–Trinajstić information content (AvgIpc) is 2.43. The maximum Gasteiger partial charge on any atom is 0.389 e. The molecule has 7 heteroatoms. The number of hydrogen-bond acceptors (Lipinski definition) is 3. The van der Waals surface area contributed by atoms with Crippen molar-refractivity contribution in [3.63, 3.8) is 0 Å². The van der Waals surface area contributed by atoms with Crippen LogP contribution in [0.5, 0.6) is 0 Å². The molecule has 1 aromatic rings. The second kappa shape index (κ2) is 8.49. The summed E-state index contributed by atoms with van der Waals surface area (Å²) in [6, 6.07) is 1.70. The van der Waals surface area contributed by atoms with Crippen LogP contribution in [0.1, 0.15) is 43.0 Å². The van der Waals surface area contributed by atoms with Crippen molar-refractivity contribution in [3.05, 3.63) is 24.0 Å². The van der Waals surface area contributed by atoms with Crippen molar-refractivity contribution in [1.29, 1.82) is 0 Å². The molecule has 118 valence electrons. The predicted molar refractivity (Wildman–Crippen MR) is 75.3 cm³/mol. The van der Waals surface area contributed by atoms with E-state index in [1.807, 2.05) is 6.92 Å². The van der Waals surface area contributed by atoms with E-state index in [9.17, 15) is 18.0 Å². The number of rotatable bonds is 8. The third kappa shape index (κ3) is 6.97. The fourth-order valence-corrected chi connectivity index (χ4v) is 1.74. The SMILES string of the molecule is CCCNc1ccncc1C(=O)NCCCCC(F)(F)F. The molecular formula is C14H20F3N3O. The van der Waals surface area contributed by atoms with E-state index in [1.54, 1.807) is 12.3 Å². The number of hydrogen-bond donors (Lipinski definition) is 2. The fourth-order valence-electron chi connectivity index (χ4n) is 1.74. The first-order chi connectivity index (χ1) is 9.94. The Labute approximate surface area is 122 Å². The smallest absolute Gasteiger partial charge is 0.384 e. The lowest BCUT2D eigenvalue weighted by Crippen LogP contribution is -2.26. The van der Waals surface area contributed by atoms with Crippen molar-refractivity contribution < 1.29 is 18.0 Å². The maximum absolute atomic E-state index is 12.0.